The standard InChI is InChI=1S/C18H31N5O/c1-21-10-9-20-18(21)16-12-19-8-11-23(16)14-17(24)22(2)13-15-6-4-3-5-7-15/h9-10,15-16,19H,3-8,11-14H2,1-2H3. The molecule has 0 radical (unpaired) electrons. The predicted molar refractivity (Wildman–Crippen MR) is 94.6 cm³/mol. The number of piperazine rings is 1. The maximum atomic E-state index is 12.7. The first kappa shape index (κ1) is 17.4. The third-order valence-electron chi connectivity index (χ3n) is 5.53. The van der Waals surface area contributed by atoms with E-state index in [2.05, 4.69) is 19.8 Å². The molecule has 1 aromatic heterocycles. The highest BCUT2D eigenvalue weighted by Gasteiger charge is 2.29. The molecular formula is C18H31N5O. The van der Waals surface area contributed by atoms with E-state index in [1.807, 2.05) is 31.4 Å². The Labute approximate surface area is 145 Å². The summed E-state index contributed by atoms with van der Waals surface area (Å²) in [6, 6.07) is 0.172. The summed E-state index contributed by atoms with van der Waals surface area (Å²) in [5.41, 5.74) is 0. The Morgan fingerprint density at radius 1 is 1.38 bits per heavy atom. The average molecular weight is 333 g/mol. The molecule has 1 atom stereocenters. The topological polar surface area (TPSA) is 53.4 Å². The lowest BCUT2D eigenvalue weighted by Crippen LogP contribution is -2.50. The van der Waals surface area contributed by atoms with E-state index in [-0.39, 0.29) is 11.9 Å². The molecule has 1 aliphatic carbocycles. The third kappa shape index (κ3) is 4.16. The van der Waals surface area contributed by atoms with Gasteiger partial charge in [0.15, 0.2) is 0 Å². The Kier molecular flexibility index (Phi) is 5.89. The molecule has 3 rings (SSSR count). The number of aromatic nitrogens is 2. The lowest BCUT2D eigenvalue weighted by molar-refractivity contribution is -0.132. The van der Waals surface area contributed by atoms with Crippen LogP contribution in [0.1, 0.15) is 44.0 Å². The number of imidazole rings is 1. The first-order valence-electron chi connectivity index (χ1n) is 9.31. The van der Waals surface area contributed by atoms with Crippen molar-refractivity contribution in [2.24, 2.45) is 13.0 Å². The Hall–Kier alpha value is -1.40. The van der Waals surface area contributed by atoms with Gasteiger partial charge in [0.25, 0.3) is 0 Å². The van der Waals surface area contributed by atoms with Crippen LogP contribution in [0.2, 0.25) is 0 Å². The second kappa shape index (κ2) is 8.12. The Morgan fingerprint density at radius 3 is 2.88 bits per heavy atom. The quantitative estimate of drug-likeness (QED) is 0.885. The number of nitrogens with one attached hydrogen (secondary N) is 1. The van der Waals surface area contributed by atoms with Crippen molar-refractivity contribution in [1.82, 2.24) is 24.7 Å². The van der Waals surface area contributed by atoms with Crippen molar-refractivity contribution in [2.75, 3.05) is 39.8 Å². The second-order valence-corrected chi connectivity index (χ2v) is 7.37. The summed E-state index contributed by atoms with van der Waals surface area (Å²) in [5.74, 6) is 1.97. The van der Waals surface area contributed by atoms with Gasteiger partial charge >= 0.3 is 0 Å². The number of rotatable bonds is 5. The van der Waals surface area contributed by atoms with Crippen LogP contribution in [-0.2, 0) is 11.8 Å². The van der Waals surface area contributed by atoms with E-state index in [0.29, 0.717) is 12.5 Å². The molecule has 1 aliphatic heterocycles. The molecule has 1 saturated heterocycles. The maximum Gasteiger partial charge on any atom is 0.236 e. The molecule has 2 fully saturated rings. The summed E-state index contributed by atoms with van der Waals surface area (Å²) in [6.45, 7) is 4.08. The van der Waals surface area contributed by atoms with Crippen LogP contribution >= 0.6 is 0 Å². The summed E-state index contributed by atoms with van der Waals surface area (Å²) in [7, 11) is 3.99. The molecule has 1 saturated carbocycles. The van der Waals surface area contributed by atoms with Crippen LogP contribution in [-0.4, -0.2) is 65.0 Å². The van der Waals surface area contributed by atoms with E-state index < -0.39 is 0 Å². The first-order valence-corrected chi connectivity index (χ1v) is 9.31. The molecule has 1 unspecified atom stereocenters. The Morgan fingerprint density at radius 2 is 2.17 bits per heavy atom. The molecular weight excluding hydrogens is 302 g/mol. The van der Waals surface area contributed by atoms with Gasteiger partial charge in [0.2, 0.25) is 5.91 Å². The van der Waals surface area contributed by atoms with Gasteiger partial charge < -0.3 is 14.8 Å². The number of carbonyl (C=O) groups is 1. The minimum Gasteiger partial charge on any atom is -0.344 e. The monoisotopic (exact) mass is 333 g/mol. The van der Waals surface area contributed by atoms with Gasteiger partial charge in [-0.05, 0) is 18.8 Å². The van der Waals surface area contributed by atoms with E-state index in [1.54, 1.807) is 0 Å². The SMILES string of the molecule is CN(CC1CCCCC1)C(=O)CN1CCNCC1c1nccn1C. The van der Waals surface area contributed by atoms with Gasteiger partial charge in [0, 0.05) is 52.7 Å². The van der Waals surface area contributed by atoms with Crippen LogP contribution in [0.5, 0.6) is 0 Å². The van der Waals surface area contributed by atoms with Crippen molar-refractivity contribution in [3.8, 4) is 0 Å². The number of aryl methyl sites for hydroxylation is 1. The number of carbonyl (C=O) groups excluding carboxylic acids is 1. The van der Waals surface area contributed by atoms with E-state index in [1.165, 1.54) is 32.1 Å². The molecule has 134 valence electrons. The number of amides is 1. The van der Waals surface area contributed by atoms with Crippen LogP contribution < -0.4 is 5.32 Å². The van der Waals surface area contributed by atoms with Crippen LogP contribution in [0.15, 0.2) is 12.4 Å². The van der Waals surface area contributed by atoms with Gasteiger partial charge in [-0.15, -0.1) is 0 Å². The Balaban J connectivity index is 1.58. The van der Waals surface area contributed by atoms with E-state index in [4.69, 9.17) is 0 Å². The van der Waals surface area contributed by atoms with Crippen molar-refractivity contribution >= 4 is 5.91 Å². The van der Waals surface area contributed by atoms with Gasteiger partial charge in [0.1, 0.15) is 5.82 Å². The molecule has 0 bridgehead atoms. The zero-order chi connectivity index (χ0) is 16.9. The lowest BCUT2D eigenvalue weighted by atomic mass is 9.89. The molecule has 0 aromatic carbocycles. The second-order valence-electron chi connectivity index (χ2n) is 7.37. The molecule has 0 spiro atoms. The third-order valence-corrected chi connectivity index (χ3v) is 5.53. The lowest BCUT2D eigenvalue weighted by Gasteiger charge is -2.36. The molecule has 6 heteroatoms. The van der Waals surface area contributed by atoms with Crippen LogP contribution in [0.4, 0.5) is 0 Å². The van der Waals surface area contributed by atoms with Gasteiger partial charge in [-0.1, -0.05) is 19.3 Å². The molecule has 6 nitrogen and oxygen atoms in total. The molecule has 1 aromatic rings. The number of nitrogens with zero attached hydrogens (tertiary/aromatic N) is 4. The summed E-state index contributed by atoms with van der Waals surface area (Å²) in [4.78, 5) is 21.4. The molecule has 2 aliphatic rings. The van der Waals surface area contributed by atoms with Crippen LogP contribution in [0, 0.1) is 5.92 Å². The molecule has 1 amide bonds. The summed E-state index contributed by atoms with van der Waals surface area (Å²) in [6.07, 6.45) is 10.4. The van der Waals surface area contributed by atoms with Crippen molar-refractivity contribution < 1.29 is 4.79 Å². The summed E-state index contributed by atoms with van der Waals surface area (Å²) >= 11 is 0. The molecule has 2 heterocycles. The Bertz CT molecular complexity index is 537. The number of likely N-dealkylation sites (N-methyl/N-ethyl adjacent to an activating group) is 1. The van der Waals surface area contributed by atoms with Crippen LogP contribution in [0.25, 0.3) is 0 Å². The fourth-order valence-electron chi connectivity index (χ4n) is 4.04. The summed E-state index contributed by atoms with van der Waals surface area (Å²) in [5, 5.41) is 3.43. The fourth-order valence-corrected chi connectivity index (χ4v) is 4.04. The zero-order valence-electron chi connectivity index (χ0n) is 15.1. The van der Waals surface area contributed by atoms with Gasteiger partial charge in [0.05, 0.1) is 12.6 Å². The first-order chi connectivity index (χ1) is 11.6. The largest absolute Gasteiger partial charge is 0.344 e. The van der Waals surface area contributed by atoms with Crippen molar-refractivity contribution in [3.05, 3.63) is 18.2 Å². The minimum atomic E-state index is 0.172. The predicted octanol–water partition coefficient (Wildman–Crippen LogP) is 1.41. The van der Waals surface area contributed by atoms with Crippen molar-refractivity contribution in [2.45, 2.75) is 38.1 Å². The normalized spacial score (nSPS) is 23.3. The highest BCUT2D eigenvalue weighted by atomic mass is 16.2. The minimum absolute atomic E-state index is 0.172. The van der Waals surface area contributed by atoms with E-state index in [9.17, 15) is 4.79 Å². The van der Waals surface area contributed by atoms with E-state index in [0.717, 1.165) is 32.0 Å². The van der Waals surface area contributed by atoms with Crippen molar-refractivity contribution in [3.63, 3.8) is 0 Å². The highest BCUT2D eigenvalue weighted by Crippen LogP contribution is 2.24. The zero-order valence-corrected chi connectivity index (χ0v) is 15.1. The van der Waals surface area contributed by atoms with Gasteiger partial charge in [-0.3, -0.25) is 9.69 Å². The number of hydrogen-bond donors (Lipinski definition) is 1. The fraction of sp³-hybridized carbons (Fsp3) is 0.778. The molecule has 24 heavy (non-hydrogen) atoms. The smallest absolute Gasteiger partial charge is 0.236 e. The molecule has 1 N–H and O–H groups in total. The summed E-state index contributed by atoms with van der Waals surface area (Å²) < 4.78 is 2.06. The maximum absolute atomic E-state index is 12.7. The highest BCUT2D eigenvalue weighted by molar-refractivity contribution is 5.78. The number of hydrogen-bond acceptors (Lipinski definition) is 4. The van der Waals surface area contributed by atoms with Gasteiger partial charge in [-0.25, -0.2) is 4.98 Å². The van der Waals surface area contributed by atoms with E-state index >= 15 is 0 Å². The van der Waals surface area contributed by atoms with Crippen molar-refractivity contribution in [1.29, 1.82) is 0 Å². The average Bonchev–Trinajstić information content (AvgIpc) is 3.02. The van der Waals surface area contributed by atoms with Gasteiger partial charge in [-0.2, -0.15) is 0 Å². The van der Waals surface area contributed by atoms with Crippen LogP contribution in [0.3, 0.4) is 0 Å².